The molecular weight excluding hydrogens is 417 g/mol. The van der Waals surface area contributed by atoms with Gasteiger partial charge in [0.1, 0.15) is 5.69 Å². The summed E-state index contributed by atoms with van der Waals surface area (Å²) in [4.78, 5) is 16.4. The first-order valence-electron chi connectivity index (χ1n) is 9.73. The van der Waals surface area contributed by atoms with Crippen LogP contribution in [0.15, 0.2) is 36.5 Å². The Kier molecular flexibility index (Phi) is 6.30. The Morgan fingerprint density at radius 2 is 1.90 bits per heavy atom. The van der Waals surface area contributed by atoms with Gasteiger partial charge in [0.05, 0.1) is 17.7 Å². The number of carbonyl (C=O) groups excluding carboxylic acids is 1. The molecule has 1 aromatic heterocycles. The van der Waals surface area contributed by atoms with Crippen LogP contribution in [0.25, 0.3) is 0 Å². The van der Waals surface area contributed by atoms with Crippen molar-refractivity contribution < 1.29 is 26.7 Å². The number of hydrogen-bond acceptors (Lipinski definition) is 3. The lowest BCUT2D eigenvalue weighted by atomic mass is 9.79. The number of halogens is 5. The quantitative estimate of drug-likeness (QED) is 0.636. The van der Waals surface area contributed by atoms with Crippen molar-refractivity contribution in [2.45, 2.75) is 50.7 Å². The van der Waals surface area contributed by atoms with Crippen molar-refractivity contribution in [3.05, 3.63) is 64.5 Å². The molecule has 1 fully saturated rings. The summed E-state index contributed by atoms with van der Waals surface area (Å²) < 4.78 is 65.9. The van der Waals surface area contributed by atoms with Crippen molar-refractivity contribution in [1.82, 2.24) is 10.3 Å². The van der Waals surface area contributed by atoms with E-state index in [0.717, 1.165) is 12.3 Å². The molecule has 1 saturated carbocycles. The molecule has 0 aliphatic heterocycles. The molecule has 0 spiro atoms. The van der Waals surface area contributed by atoms with Crippen LogP contribution >= 0.6 is 0 Å². The summed E-state index contributed by atoms with van der Waals surface area (Å²) in [6, 6.07) is 7.87. The van der Waals surface area contributed by atoms with Crippen LogP contribution in [-0.4, -0.2) is 16.8 Å². The van der Waals surface area contributed by atoms with Gasteiger partial charge in [0.2, 0.25) is 5.92 Å². The third-order valence-corrected chi connectivity index (χ3v) is 5.65. The smallest absolute Gasteiger partial charge is 0.345 e. The van der Waals surface area contributed by atoms with E-state index < -0.39 is 29.7 Å². The maximum Gasteiger partial charge on any atom is 0.433 e. The molecule has 1 unspecified atom stereocenters. The highest BCUT2D eigenvalue weighted by Crippen LogP contribution is 2.41. The Morgan fingerprint density at radius 1 is 1.23 bits per heavy atom. The van der Waals surface area contributed by atoms with Gasteiger partial charge in [-0.25, -0.2) is 8.78 Å². The Morgan fingerprint density at radius 3 is 2.45 bits per heavy atom. The Hall–Kier alpha value is -3.02. The molecule has 31 heavy (non-hydrogen) atoms. The highest BCUT2D eigenvalue weighted by Gasteiger charge is 2.39. The van der Waals surface area contributed by atoms with Crippen LogP contribution in [0.5, 0.6) is 0 Å². The van der Waals surface area contributed by atoms with Gasteiger partial charge in [0, 0.05) is 24.6 Å². The Labute approximate surface area is 176 Å². The SMILES string of the molecule is Cc1c(C#N)cccc1C(=O)NC(c1ccc(C(F)(F)F)nc1)C1CCC(F)(F)CC1. The Balaban J connectivity index is 1.91. The maximum atomic E-state index is 13.6. The molecule has 1 aliphatic rings. The van der Waals surface area contributed by atoms with Gasteiger partial charge in [-0.3, -0.25) is 9.78 Å². The summed E-state index contributed by atoms with van der Waals surface area (Å²) in [6.45, 7) is 1.61. The van der Waals surface area contributed by atoms with E-state index in [1.165, 1.54) is 12.1 Å². The largest absolute Gasteiger partial charge is 0.433 e. The van der Waals surface area contributed by atoms with Crippen molar-refractivity contribution in [2.75, 3.05) is 0 Å². The molecule has 1 N–H and O–H groups in total. The molecule has 3 rings (SSSR count). The van der Waals surface area contributed by atoms with Crippen LogP contribution in [-0.2, 0) is 6.18 Å². The third-order valence-electron chi connectivity index (χ3n) is 5.65. The molecule has 1 atom stereocenters. The van der Waals surface area contributed by atoms with Crippen molar-refractivity contribution in [3.8, 4) is 6.07 Å². The maximum absolute atomic E-state index is 13.6. The second-order valence-corrected chi connectivity index (χ2v) is 7.71. The van der Waals surface area contributed by atoms with Crippen molar-refractivity contribution >= 4 is 5.91 Å². The molecule has 1 amide bonds. The van der Waals surface area contributed by atoms with Crippen molar-refractivity contribution in [1.29, 1.82) is 5.26 Å². The highest BCUT2D eigenvalue weighted by atomic mass is 19.4. The minimum Gasteiger partial charge on any atom is -0.345 e. The number of benzene rings is 1. The lowest BCUT2D eigenvalue weighted by molar-refractivity contribution is -0.141. The molecule has 0 radical (unpaired) electrons. The highest BCUT2D eigenvalue weighted by molar-refractivity contribution is 5.96. The number of nitrogens with zero attached hydrogens (tertiary/aromatic N) is 2. The monoisotopic (exact) mass is 437 g/mol. The molecule has 0 bridgehead atoms. The van der Waals surface area contributed by atoms with E-state index in [0.29, 0.717) is 16.7 Å². The second-order valence-electron chi connectivity index (χ2n) is 7.71. The summed E-state index contributed by atoms with van der Waals surface area (Å²) in [6.07, 6.45) is -4.09. The lowest BCUT2D eigenvalue weighted by Gasteiger charge is -2.34. The fourth-order valence-electron chi connectivity index (χ4n) is 3.85. The van der Waals surface area contributed by atoms with Gasteiger partial charge in [-0.05, 0) is 55.0 Å². The molecule has 1 heterocycles. The lowest BCUT2D eigenvalue weighted by Crippen LogP contribution is -2.37. The van der Waals surface area contributed by atoms with E-state index in [4.69, 9.17) is 0 Å². The van der Waals surface area contributed by atoms with Crippen LogP contribution < -0.4 is 5.32 Å². The normalized spacial score (nSPS) is 17.6. The van der Waals surface area contributed by atoms with E-state index in [2.05, 4.69) is 10.3 Å². The predicted octanol–water partition coefficient (Wildman–Crippen LogP) is 5.58. The number of alkyl halides is 5. The van der Waals surface area contributed by atoms with Crippen LogP contribution in [0.4, 0.5) is 22.0 Å². The van der Waals surface area contributed by atoms with Crippen LogP contribution in [0.1, 0.15) is 64.5 Å². The second kappa shape index (κ2) is 8.61. The standard InChI is InChI=1S/C22H20F5N3O/c1-13-15(11-28)3-2-4-17(13)20(31)30-19(14-7-9-21(23,24)10-8-14)16-5-6-18(29-12-16)22(25,26)27/h2-6,12,14,19H,7-10H2,1H3,(H,30,31). The number of rotatable bonds is 4. The third kappa shape index (κ3) is 5.19. The van der Waals surface area contributed by atoms with Crippen molar-refractivity contribution in [3.63, 3.8) is 0 Å². The van der Waals surface area contributed by atoms with Gasteiger partial charge in [0.15, 0.2) is 0 Å². The first-order chi connectivity index (χ1) is 14.5. The van der Waals surface area contributed by atoms with Crippen LogP contribution in [0.2, 0.25) is 0 Å². The minimum atomic E-state index is -4.61. The van der Waals surface area contributed by atoms with E-state index in [-0.39, 0.29) is 37.2 Å². The van der Waals surface area contributed by atoms with Crippen molar-refractivity contribution in [2.24, 2.45) is 5.92 Å². The Bertz CT molecular complexity index is 986. The summed E-state index contributed by atoms with van der Waals surface area (Å²) in [5, 5.41) is 12.0. The van der Waals surface area contributed by atoms with Gasteiger partial charge in [-0.2, -0.15) is 18.4 Å². The summed E-state index contributed by atoms with van der Waals surface area (Å²) in [5.41, 5.74) is 0.254. The van der Waals surface area contributed by atoms with Gasteiger partial charge >= 0.3 is 6.18 Å². The number of pyridine rings is 1. The van der Waals surface area contributed by atoms with E-state index in [1.54, 1.807) is 19.1 Å². The average Bonchev–Trinajstić information content (AvgIpc) is 2.72. The summed E-state index contributed by atoms with van der Waals surface area (Å²) in [5.74, 6) is -3.71. The summed E-state index contributed by atoms with van der Waals surface area (Å²) in [7, 11) is 0. The predicted molar refractivity (Wildman–Crippen MR) is 102 cm³/mol. The molecule has 164 valence electrons. The topological polar surface area (TPSA) is 65.8 Å². The van der Waals surface area contributed by atoms with E-state index in [1.807, 2.05) is 6.07 Å². The number of hydrogen-bond donors (Lipinski definition) is 1. The zero-order chi connectivity index (χ0) is 22.8. The number of nitrogens with one attached hydrogen (secondary N) is 1. The van der Waals surface area contributed by atoms with Gasteiger partial charge in [0.25, 0.3) is 5.91 Å². The van der Waals surface area contributed by atoms with Gasteiger partial charge in [-0.1, -0.05) is 12.1 Å². The van der Waals surface area contributed by atoms with E-state index in [9.17, 15) is 32.0 Å². The van der Waals surface area contributed by atoms with Gasteiger partial charge < -0.3 is 5.32 Å². The first kappa shape index (κ1) is 22.7. The molecule has 2 aromatic rings. The number of nitriles is 1. The fraction of sp³-hybridized carbons (Fsp3) is 0.409. The number of aromatic nitrogens is 1. The van der Waals surface area contributed by atoms with Gasteiger partial charge in [-0.15, -0.1) is 0 Å². The van der Waals surface area contributed by atoms with Crippen LogP contribution in [0, 0.1) is 24.2 Å². The number of amides is 1. The minimum absolute atomic E-state index is 0.107. The molecular formula is C22H20F5N3O. The summed E-state index contributed by atoms with van der Waals surface area (Å²) >= 11 is 0. The first-order valence-corrected chi connectivity index (χ1v) is 9.73. The molecule has 1 aliphatic carbocycles. The zero-order valence-corrected chi connectivity index (χ0v) is 16.6. The molecule has 1 aromatic carbocycles. The zero-order valence-electron chi connectivity index (χ0n) is 16.6. The molecule has 9 heteroatoms. The average molecular weight is 437 g/mol. The molecule has 4 nitrogen and oxygen atoms in total. The van der Waals surface area contributed by atoms with Crippen LogP contribution in [0.3, 0.4) is 0 Å². The number of carbonyl (C=O) groups is 1. The molecule has 0 saturated heterocycles. The van der Waals surface area contributed by atoms with E-state index >= 15 is 0 Å². The fourth-order valence-corrected chi connectivity index (χ4v) is 3.85.